The van der Waals surface area contributed by atoms with E-state index in [4.69, 9.17) is 66.0 Å². The summed E-state index contributed by atoms with van der Waals surface area (Å²) in [6.07, 6.45) is -5.54. The molecule has 0 aromatic carbocycles. The van der Waals surface area contributed by atoms with Crippen molar-refractivity contribution in [1.82, 2.24) is 0 Å². The van der Waals surface area contributed by atoms with Crippen LogP contribution >= 0.6 is 75.8 Å². The number of aliphatic hydroxyl groups excluding tert-OH is 12. The van der Waals surface area contributed by atoms with E-state index in [-0.39, 0.29) is 13.2 Å². The van der Waals surface area contributed by atoms with Gasteiger partial charge in [-0.1, -0.05) is 0 Å². The first kappa shape index (κ1) is 67.4. The smallest absolute Gasteiger partial charge is 0.214 e. The Morgan fingerprint density at radius 1 is 0.377 bits per heavy atom. The van der Waals surface area contributed by atoms with E-state index in [1.54, 1.807) is 0 Å². The lowest BCUT2D eigenvalue weighted by Gasteiger charge is -2.31. The molecule has 25 heteroatoms. The predicted molar refractivity (Wildman–Crippen MR) is 212 cm³/mol. The van der Waals surface area contributed by atoms with Crippen LogP contribution in [0.15, 0.2) is 0 Å². The van der Waals surface area contributed by atoms with Gasteiger partial charge in [0.1, 0.15) is 36.6 Å². The summed E-state index contributed by atoms with van der Waals surface area (Å²) in [6, 6.07) is 0. The summed E-state index contributed by atoms with van der Waals surface area (Å²) in [7, 11) is 0. The summed E-state index contributed by atoms with van der Waals surface area (Å²) < 4.78 is 5.15. The first-order chi connectivity index (χ1) is 23.9. The number of aliphatic hydroxyl groups is 12. The molecule has 0 aromatic rings. The molecule has 0 saturated heterocycles. The first-order valence-electron chi connectivity index (χ1n) is 14.6. The van der Waals surface area contributed by atoms with Crippen molar-refractivity contribution < 1.29 is 94.8 Å². The molecular formula is C28H58O19S6. The summed E-state index contributed by atoms with van der Waals surface area (Å²) in [6.45, 7) is 5.22. The number of hydrogen-bond donors (Lipinski definition) is 18. The van der Waals surface area contributed by atoms with Crippen molar-refractivity contribution >= 4 is 106 Å². The van der Waals surface area contributed by atoms with Gasteiger partial charge in [0, 0.05) is 0 Å². The largest absolute Gasteiger partial charge is 0.396 e. The number of carbonyl (C=O) groups excluding carboxylic acids is 6. The monoisotopic (exact) mass is 890 g/mol. The van der Waals surface area contributed by atoms with Gasteiger partial charge < -0.3 is 66.0 Å². The number of thiol groups is 6. The van der Waals surface area contributed by atoms with Gasteiger partial charge in [-0.15, -0.1) is 75.8 Å². The van der Waals surface area contributed by atoms with Crippen LogP contribution in [0.3, 0.4) is 0 Å². The zero-order chi connectivity index (χ0) is 44.3. The molecule has 0 amide bonds. The molecule has 6 unspecified atom stereocenters. The van der Waals surface area contributed by atoms with E-state index in [2.05, 4.69) is 75.8 Å². The third kappa shape index (κ3) is 51.6. The Balaban J connectivity index is -0.0000000996. The van der Waals surface area contributed by atoms with Crippen LogP contribution in [0, 0.1) is 10.8 Å². The van der Waals surface area contributed by atoms with Crippen LogP contribution in [0.4, 0.5) is 0 Å². The lowest BCUT2D eigenvalue weighted by molar-refractivity contribution is -0.117. The minimum Gasteiger partial charge on any atom is -0.396 e. The fraction of sp³-hybridized carbons (Fsp3) is 0.786. The van der Waals surface area contributed by atoms with E-state index >= 15 is 0 Å². The van der Waals surface area contributed by atoms with Gasteiger partial charge in [-0.05, 0) is 41.5 Å². The topological polar surface area (TPSA) is 354 Å². The molecule has 0 radical (unpaired) electrons. The van der Waals surface area contributed by atoms with Crippen molar-refractivity contribution in [3.05, 3.63) is 0 Å². The Hall–Kier alpha value is -0.400. The Morgan fingerprint density at radius 3 is 0.528 bits per heavy atom. The SMILES string of the molecule is CC(O)C(=O)S.CC(O)C(=O)S.CC(O)C(=O)S.CC(O)C(=O)S.CC(O)C(=O)S.CC(O)C(=O)S.OCC(CO)(CO)COCC(CO)(CO)CO. The van der Waals surface area contributed by atoms with E-state index in [1.165, 1.54) is 41.5 Å². The summed E-state index contributed by atoms with van der Waals surface area (Å²) in [4.78, 5) is 58.5. The highest BCUT2D eigenvalue weighted by molar-refractivity contribution is 7.97. The highest BCUT2D eigenvalue weighted by Crippen LogP contribution is 2.19. The maximum absolute atomic E-state index is 9.76. The number of rotatable bonds is 16. The fourth-order valence-corrected chi connectivity index (χ4v) is 1.06. The molecule has 0 aromatic heterocycles. The van der Waals surface area contributed by atoms with Gasteiger partial charge in [0.25, 0.3) is 0 Å². The van der Waals surface area contributed by atoms with Crippen LogP contribution < -0.4 is 0 Å². The van der Waals surface area contributed by atoms with Crippen molar-refractivity contribution in [2.75, 3.05) is 52.9 Å². The van der Waals surface area contributed by atoms with Crippen LogP contribution in [0.25, 0.3) is 0 Å². The lowest BCUT2D eigenvalue weighted by Crippen LogP contribution is -2.43. The summed E-state index contributed by atoms with van der Waals surface area (Å²) in [5.74, 6) is 0. The molecule has 0 aliphatic heterocycles. The number of hydrogen-bond acceptors (Lipinski definition) is 19. The molecule has 0 bridgehead atoms. The maximum Gasteiger partial charge on any atom is 0.214 e. The molecule has 6 atom stereocenters. The van der Waals surface area contributed by atoms with Crippen molar-refractivity contribution in [1.29, 1.82) is 0 Å². The van der Waals surface area contributed by atoms with Crippen molar-refractivity contribution in [3.8, 4) is 0 Å². The Kier molecular flexibility index (Phi) is 52.4. The van der Waals surface area contributed by atoms with Crippen LogP contribution in [-0.2, 0) is 33.5 Å². The zero-order valence-electron chi connectivity index (χ0n) is 30.0. The van der Waals surface area contributed by atoms with Gasteiger partial charge in [-0.3, -0.25) is 28.8 Å². The molecule has 19 nitrogen and oxygen atoms in total. The van der Waals surface area contributed by atoms with E-state index in [9.17, 15) is 28.8 Å². The number of ether oxygens (including phenoxy) is 1. The number of carbonyl (C=O) groups is 6. The third-order valence-electron chi connectivity index (χ3n) is 4.97. The lowest BCUT2D eigenvalue weighted by atomic mass is 9.91. The van der Waals surface area contributed by atoms with Gasteiger partial charge in [-0.2, -0.15) is 0 Å². The van der Waals surface area contributed by atoms with Crippen molar-refractivity contribution in [2.45, 2.75) is 78.2 Å². The molecule has 0 heterocycles. The van der Waals surface area contributed by atoms with E-state index in [0.29, 0.717) is 0 Å². The minimum atomic E-state index is -1.16. The molecule has 0 rings (SSSR count). The second-order valence-corrected chi connectivity index (χ2v) is 13.2. The summed E-state index contributed by atoms with van der Waals surface area (Å²) >= 11 is 19.8. The normalized spacial score (nSPS) is 13.6. The molecule has 0 aliphatic rings. The van der Waals surface area contributed by atoms with Crippen LogP contribution in [-0.4, -0.2) is 181 Å². The second kappa shape index (κ2) is 41.2. The van der Waals surface area contributed by atoms with Crippen LogP contribution in [0.5, 0.6) is 0 Å². The minimum absolute atomic E-state index is 0.141. The molecular weight excluding hydrogens is 833 g/mol. The first-order valence-corrected chi connectivity index (χ1v) is 17.3. The maximum atomic E-state index is 9.76. The van der Waals surface area contributed by atoms with Gasteiger partial charge >= 0.3 is 0 Å². The molecule has 0 saturated carbocycles. The second-order valence-electron chi connectivity index (χ2n) is 10.5. The van der Waals surface area contributed by atoms with Crippen LogP contribution in [0.1, 0.15) is 41.5 Å². The molecule has 320 valence electrons. The van der Waals surface area contributed by atoms with Gasteiger partial charge in [0.2, 0.25) is 30.7 Å². The van der Waals surface area contributed by atoms with E-state index < -0.39 is 118 Å². The van der Waals surface area contributed by atoms with Gasteiger partial charge in [-0.25, -0.2) is 0 Å². The average molecular weight is 891 g/mol. The van der Waals surface area contributed by atoms with E-state index in [1.807, 2.05) is 0 Å². The average Bonchev–Trinajstić information content (AvgIpc) is 3.07. The molecule has 12 N–H and O–H groups in total. The predicted octanol–water partition coefficient (Wildman–Crippen LogP) is -4.13. The Bertz CT molecular complexity index is 783. The fourth-order valence-electron chi connectivity index (χ4n) is 1.06. The zero-order valence-corrected chi connectivity index (χ0v) is 35.4. The standard InChI is InChI=1S/C10H22O7.6C3H6O2S/c11-1-9(2-12,3-13)7-17-8-10(4-14,5-15)6-16;6*1-2(4)3(5)6/h11-16H,1-8H2;6*2,4H,1H3,(H,5,6). The highest BCUT2D eigenvalue weighted by atomic mass is 32.1. The van der Waals surface area contributed by atoms with E-state index in [0.717, 1.165) is 0 Å². The molecule has 0 aliphatic carbocycles. The molecule has 0 spiro atoms. The van der Waals surface area contributed by atoms with Crippen molar-refractivity contribution in [2.24, 2.45) is 10.8 Å². The Morgan fingerprint density at radius 2 is 0.472 bits per heavy atom. The third-order valence-corrected chi connectivity index (χ3v) is 7.22. The molecule has 0 fully saturated rings. The summed E-state index contributed by atoms with van der Waals surface area (Å²) in [5.41, 5.74) is -2.32. The highest BCUT2D eigenvalue weighted by Gasteiger charge is 2.32. The van der Waals surface area contributed by atoms with Crippen molar-refractivity contribution in [3.63, 3.8) is 0 Å². The molecule has 53 heavy (non-hydrogen) atoms. The summed E-state index contributed by atoms with van der Waals surface area (Å²) in [5, 5.41) is 100. The quantitative estimate of drug-likeness (QED) is 0.0655. The van der Waals surface area contributed by atoms with Crippen LogP contribution in [0.2, 0.25) is 0 Å². The Labute approximate surface area is 341 Å². The van der Waals surface area contributed by atoms with Gasteiger partial charge in [0.05, 0.1) is 63.7 Å². The van der Waals surface area contributed by atoms with Gasteiger partial charge in [0.15, 0.2) is 0 Å².